The molecule has 0 aromatic heterocycles. The lowest BCUT2D eigenvalue weighted by Crippen LogP contribution is -2.70. The Bertz CT molecular complexity index is 1890. The molecule has 5 rings (SSSR count). The Hall–Kier alpha value is -2.27. The zero-order valence-corrected chi connectivity index (χ0v) is 39.6. The van der Waals surface area contributed by atoms with E-state index >= 15 is 0 Å². The molecular formula is C38H65NO34S. The van der Waals surface area contributed by atoms with E-state index in [1.165, 1.54) is 6.92 Å². The van der Waals surface area contributed by atoms with E-state index in [0.29, 0.717) is 0 Å². The molecule has 5 saturated heterocycles. The van der Waals surface area contributed by atoms with Crippen LogP contribution in [0.4, 0.5) is 0 Å². The predicted octanol–water partition coefficient (Wildman–Crippen LogP) is -13.4. The van der Waals surface area contributed by atoms with Gasteiger partial charge < -0.3 is 145 Å². The highest BCUT2D eigenvalue weighted by atomic mass is 32.3. The summed E-state index contributed by atoms with van der Waals surface area (Å²) in [6, 6.07) is -1.76. The van der Waals surface area contributed by atoms with E-state index in [4.69, 9.17) is 47.4 Å². The van der Waals surface area contributed by atoms with Gasteiger partial charge in [-0.05, 0) is 6.92 Å². The summed E-state index contributed by atoms with van der Waals surface area (Å²) in [7, 11) is -5.59. The molecule has 5 fully saturated rings. The van der Waals surface area contributed by atoms with Gasteiger partial charge in [0.1, 0.15) is 128 Å². The Labute approximate surface area is 417 Å². The van der Waals surface area contributed by atoms with Crippen molar-refractivity contribution in [3.8, 4) is 0 Å². The highest BCUT2D eigenvalue weighted by Gasteiger charge is 2.59. The molecule has 0 spiro atoms. The van der Waals surface area contributed by atoms with Crippen molar-refractivity contribution in [2.75, 3.05) is 33.0 Å². The molecule has 0 unspecified atom stereocenters. The molecule has 1 amide bonds. The fourth-order valence-electron chi connectivity index (χ4n) is 8.64. The van der Waals surface area contributed by atoms with Crippen molar-refractivity contribution >= 4 is 22.3 Å². The summed E-state index contributed by atoms with van der Waals surface area (Å²) in [6.07, 6.45) is -62.5. The first-order chi connectivity index (χ1) is 34.6. The fourth-order valence-corrected chi connectivity index (χ4v) is 9.15. The number of aliphatic hydroxyl groups excluding tert-OH is 17. The minimum absolute atomic E-state index is 0.883. The molecular weight excluding hydrogens is 1050 g/mol. The van der Waals surface area contributed by atoms with E-state index < -0.39 is 233 Å². The van der Waals surface area contributed by atoms with Crippen LogP contribution < -0.4 is 5.32 Å². The molecule has 20 N–H and O–H groups in total. The fraction of sp³-hybridized carbons (Fsp3) is 0.947. The summed E-state index contributed by atoms with van der Waals surface area (Å²) >= 11 is 0. The Morgan fingerprint density at radius 3 is 1.54 bits per heavy atom. The van der Waals surface area contributed by atoms with Gasteiger partial charge in [-0.25, -0.2) is 8.98 Å². The lowest BCUT2D eigenvalue weighted by atomic mass is 9.94. The smallest absolute Gasteiger partial charge is 0.397 e. The average molecular weight is 1110 g/mol. The molecule has 29 atom stereocenters. The van der Waals surface area contributed by atoms with Crippen LogP contribution >= 0.6 is 0 Å². The zero-order chi connectivity index (χ0) is 55.4. The normalized spacial score (nSPS) is 45.0. The minimum atomic E-state index is -5.59. The highest BCUT2D eigenvalue weighted by molar-refractivity contribution is 7.80. The van der Waals surface area contributed by atoms with Crippen LogP contribution in [0, 0.1) is 0 Å². The maximum absolute atomic E-state index is 12.3. The Balaban J connectivity index is 1.67. The van der Waals surface area contributed by atoms with Crippen LogP contribution in [0.15, 0.2) is 0 Å². The molecule has 5 aliphatic heterocycles. The summed E-state index contributed by atoms with van der Waals surface area (Å²) in [4.78, 5) is 24.4. The van der Waals surface area contributed by atoms with E-state index in [9.17, 15) is 114 Å². The molecule has 0 radical (unpaired) electrons. The molecule has 5 aliphatic rings. The van der Waals surface area contributed by atoms with Gasteiger partial charge in [-0.15, -0.1) is 0 Å². The van der Waals surface area contributed by atoms with Crippen LogP contribution in [-0.2, 0) is 71.5 Å². The molecule has 0 aliphatic carbocycles. The third-order valence-electron chi connectivity index (χ3n) is 12.6. The summed E-state index contributed by atoms with van der Waals surface area (Å²) < 4.78 is 94.8. The molecule has 36 heteroatoms. The quantitative estimate of drug-likeness (QED) is 0.0448. The Morgan fingerprint density at radius 2 is 1.01 bits per heavy atom. The number of hydrogen-bond donors (Lipinski definition) is 20. The van der Waals surface area contributed by atoms with Crippen LogP contribution in [0.3, 0.4) is 0 Å². The lowest BCUT2D eigenvalue weighted by Gasteiger charge is -2.52. The largest absolute Gasteiger partial charge is 0.479 e. The second kappa shape index (κ2) is 26.6. The second-order valence-corrected chi connectivity index (χ2v) is 18.8. The Morgan fingerprint density at radius 1 is 0.541 bits per heavy atom. The highest BCUT2D eigenvalue weighted by Crippen LogP contribution is 2.39. The first-order valence-corrected chi connectivity index (χ1v) is 23.9. The standard InChI is InChI=1S/C38H65NO34S/c1-8-15(47)19(51)21(53)34(63-8)72-32-31(71-36-24(56)28(18(50)13(6-43)65-36)69-37-25(57)29(73-74(60,61)62)23(55)30(70-37)33(58)59)27(68-35-22(54)20(52)17(49)12(5-42)64-35)14(7-44)66-38(32)67-26(16(48)11(46)4-41)10(3-40)39-9(2)45/h8,10-32,34-38,40-44,46-57H,3-7H2,1-2H3,(H,39,45)(H,58,59)(H,60,61,62)/t8-,10-,11+,12+,13+,14+,15+,16-,17-,18-,19+,20-,21-,22+,23-,24+,25+,26+,27-,28-,29-,30-,31-,32+,34-,35-,36-,37+,38-/m0/s1. The van der Waals surface area contributed by atoms with E-state index in [0.717, 1.165) is 6.92 Å². The van der Waals surface area contributed by atoms with Gasteiger partial charge in [-0.2, -0.15) is 8.42 Å². The van der Waals surface area contributed by atoms with Crippen molar-refractivity contribution in [3.63, 3.8) is 0 Å². The molecule has 0 aromatic rings. The maximum Gasteiger partial charge on any atom is 0.397 e. The van der Waals surface area contributed by atoms with Crippen LogP contribution in [0.2, 0.25) is 0 Å². The maximum atomic E-state index is 12.3. The van der Waals surface area contributed by atoms with E-state index in [1.54, 1.807) is 0 Å². The van der Waals surface area contributed by atoms with Gasteiger partial charge in [-0.3, -0.25) is 9.35 Å². The first kappa shape index (κ1) is 62.6. The van der Waals surface area contributed by atoms with Gasteiger partial charge in [0.2, 0.25) is 5.91 Å². The molecule has 5 heterocycles. The molecule has 35 nitrogen and oxygen atoms in total. The number of carbonyl (C=O) groups excluding carboxylic acids is 1. The van der Waals surface area contributed by atoms with Crippen molar-refractivity contribution in [1.29, 1.82) is 0 Å². The number of nitrogens with one attached hydrogen (secondary N) is 1. The zero-order valence-electron chi connectivity index (χ0n) is 38.8. The molecule has 0 saturated carbocycles. The van der Waals surface area contributed by atoms with Gasteiger partial charge in [0.25, 0.3) is 0 Å². The topological polar surface area (TPSA) is 566 Å². The SMILES string of the molecule is CC(=O)N[C@@H](CO)[C@@H](O[C@@H]1O[C@H](CO)[C@H](O[C@@H]2O[C@H](CO)[C@H](O)[C@H](O)[C@H]2O)[C@H](O[C@@H]2O[C@H](CO)[C@H](O)[C@H](O[C@@H]3O[C@H](C(=O)O)[C@@H](O)[C@H](OS(=O)(=O)O)[C@H]3O)[C@H]2O)[C@H]1O[C@@H]1O[C@@H](C)[C@@H](O)[C@@H](O)[C@@H]1O)[C@@H](O)[C@H](O)CO. The number of carbonyl (C=O) groups is 2. The number of rotatable bonds is 22. The number of hydrogen-bond acceptors (Lipinski definition) is 32. The number of aliphatic hydroxyl groups is 17. The van der Waals surface area contributed by atoms with Gasteiger partial charge in [0.15, 0.2) is 37.6 Å². The number of ether oxygens (including phenoxy) is 10. The van der Waals surface area contributed by atoms with Gasteiger partial charge >= 0.3 is 16.4 Å². The van der Waals surface area contributed by atoms with Crippen LogP contribution in [0.5, 0.6) is 0 Å². The second-order valence-electron chi connectivity index (χ2n) is 17.8. The molecule has 74 heavy (non-hydrogen) atoms. The van der Waals surface area contributed by atoms with Crippen molar-refractivity contribution < 1.29 is 166 Å². The number of carboxylic acids is 1. The summed E-state index contributed by atoms with van der Waals surface area (Å²) in [5, 5.41) is 195. The monoisotopic (exact) mass is 1110 g/mol. The number of carboxylic acid groups (broad SMARTS) is 1. The summed E-state index contributed by atoms with van der Waals surface area (Å²) in [6.45, 7) is -3.70. The molecule has 0 bridgehead atoms. The minimum Gasteiger partial charge on any atom is -0.479 e. The lowest BCUT2D eigenvalue weighted by molar-refractivity contribution is -0.416. The van der Waals surface area contributed by atoms with Gasteiger partial charge in [-0.1, -0.05) is 0 Å². The van der Waals surface area contributed by atoms with Gasteiger partial charge in [0.05, 0.1) is 45.2 Å². The van der Waals surface area contributed by atoms with Crippen molar-refractivity contribution in [3.05, 3.63) is 0 Å². The summed E-state index contributed by atoms with van der Waals surface area (Å²) in [5.74, 6) is -2.92. The molecule has 0 aromatic carbocycles. The third kappa shape index (κ3) is 14.1. The van der Waals surface area contributed by atoms with E-state index in [-0.39, 0.29) is 0 Å². The van der Waals surface area contributed by atoms with Crippen LogP contribution in [0.25, 0.3) is 0 Å². The van der Waals surface area contributed by atoms with Crippen molar-refractivity contribution in [2.24, 2.45) is 0 Å². The predicted molar refractivity (Wildman–Crippen MR) is 223 cm³/mol. The molecule has 432 valence electrons. The number of amides is 1. The van der Waals surface area contributed by atoms with Crippen LogP contribution in [0.1, 0.15) is 13.8 Å². The van der Waals surface area contributed by atoms with Crippen molar-refractivity contribution in [1.82, 2.24) is 5.32 Å². The first-order valence-electron chi connectivity index (χ1n) is 22.6. The average Bonchev–Trinajstić information content (AvgIpc) is 3.35. The van der Waals surface area contributed by atoms with E-state index in [1.807, 2.05) is 0 Å². The van der Waals surface area contributed by atoms with E-state index in [2.05, 4.69) is 9.50 Å². The van der Waals surface area contributed by atoms with Crippen LogP contribution in [-0.4, -0.2) is 328 Å². The summed E-state index contributed by atoms with van der Waals surface area (Å²) in [5.41, 5.74) is 0. The van der Waals surface area contributed by atoms with Gasteiger partial charge in [0, 0.05) is 6.92 Å². The van der Waals surface area contributed by atoms with Crippen molar-refractivity contribution in [2.45, 2.75) is 192 Å². The third-order valence-corrected chi connectivity index (χ3v) is 13.1. The Kier molecular flexibility index (Phi) is 22.5. The number of aliphatic carboxylic acids is 1.